The van der Waals surface area contributed by atoms with Gasteiger partial charge in [0.05, 0.1) is 5.56 Å². The molecule has 5 aromatic rings. The smallest absolute Gasteiger partial charge is 0.294 e. The predicted molar refractivity (Wildman–Crippen MR) is 103 cm³/mol. The van der Waals surface area contributed by atoms with Crippen LogP contribution in [-0.4, -0.2) is 4.57 Å². The van der Waals surface area contributed by atoms with Gasteiger partial charge in [0.15, 0.2) is 0 Å². The number of nitrogens with zero attached hydrogens (tertiary/aromatic N) is 2. The molecule has 0 aliphatic carbocycles. The van der Waals surface area contributed by atoms with Crippen LogP contribution in [0.2, 0.25) is 0 Å². The van der Waals surface area contributed by atoms with Crippen LogP contribution in [0, 0.1) is 6.92 Å². The fourth-order valence-electron chi connectivity index (χ4n) is 4.20. The average molecular weight is 337 g/mol. The monoisotopic (exact) mass is 337 g/mol. The van der Waals surface area contributed by atoms with E-state index in [1.807, 2.05) is 12.1 Å². The molecule has 0 amide bonds. The number of hydrogen-bond acceptors (Lipinski definition) is 1. The van der Waals surface area contributed by atoms with E-state index in [1.54, 1.807) is 0 Å². The summed E-state index contributed by atoms with van der Waals surface area (Å²) in [5.41, 5.74) is 7.03. The number of benzene rings is 3. The summed E-state index contributed by atoms with van der Waals surface area (Å²) < 4.78 is 10.7. The van der Waals surface area contributed by atoms with Crippen molar-refractivity contribution in [2.24, 2.45) is 0 Å². The van der Waals surface area contributed by atoms with Crippen LogP contribution in [0.4, 0.5) is 0 Å². The first kappa shape index (κ1) is 13.9. The van der Waals surface area contributed by atoms with Crippen LogP contribution in [0.5, 0.6) is 0 Å². The molecule has 1 aliphatic heterocycles. The molecule has 0 bridgehead atoms. The van der Waals surface area contributed by atoms with Crippen molar-refractivity contribution in [1.82, 2.24) is 4.57 Å². The summed E-state index contributed by atoms with van der Waals surface area (Å²) in [6.07, 6.45) is 4.33. The molecule has 1 aliphatic rings. The van der Waals surface area contributed by atoms with Crippen LogP contribution in [0.25, 0.3) is 39.0 Å². The SMILES string of the molecule is Cc1ccccc1-n1cc[n+]2c1-c1cc3c(cc1C2)oc1ccccc13. The van der Waals surface area contributed by atoms with E-state index in [1.165, 1.54) is 39.0 Å². The molecule has 3 heterocycles. The van der Waals surface area contributed by atoms with Crippen molar-refractivity contribution < 1.29 is 8.98 Å². The average Bonchev–Trinajstić information content (AvgIpc) is 3.31. The second-order valence-corrected chi connectivity index (χ2v) is 7.01. The standard InChI is InChI=1S/C23H17N2O/c1-15-6-2-4-8-20(15)25-11-10-24-14-16-12-22-19(13-18(16)23(24)25)17-7-3-5-9-21(17)26-22/h2-13H,14H2,1H3/q+1. The van der Waals surface area contributed by atoms with Gasteiger partial charge >= 0.3 is 0 Å². The second-order valence-electron chi connectivity index (χ2n) is 7.01. The lowest BCUT2D eigenvalue weighted by molar-refractivity contribution is -0.671. The summed E-state index contributed by atoms with van der Waals surface area (Å²) in [7, 11) is 0. The fourth-order valence-corrected chi connectivity index (χ4v) is 4.20. The Kier molecular flexibility index (Phi) is 2.60. The molecule has 0 unspecified atom stereocenters. The second kappa shape index (κ2) is 4.85. The zero-order valence-corrected chi connectivity index (χ0v) is 14.4. The van der Waals surface area contributed by atoms with Gasteiger partial charge in [-0.2, -0.15) is 4.57 Å². The van der Waals surface area contributed by atoms with E-state index in [-0.39, 0.29) is 0 Å². The maximum atomic E-state index is 6.07. The number of furan rings is 1. The number of imidazole rings is 1. The van der Waals surface area contributed by atoms with Gasteiger partial charge in [0.2, 0.25) is 0 Å². The topological polar surface area (TPSA) is 21.9 Å². The zero-order chi connectivity index (χ0) is 17.3. The lowest BCUT2D eigenvalue weighted by Gasteiger charge is -2.04. The van der Waals surface area contributed by atoms with Crippen molar-refractivity contribution in [1.29, 1.82) is 0 Å². The Morgan fingerprint density at radius 2 is 1.77 bits per heavy atom. The molecule has 0 N–H and O–H groups in total. The lowest BCUT2D eigenvalue weighted by Crippen LogP contribution is -2.29. The van der Waals surface area contributed by atoms with Gasteiger partial charge in [-0.05, 0) is 36.8 Å². The highest BCUT2D eigenvalue weighted by molar-refractivity contribution is 6.06. The molecule has 2 aromatic heterocycles. The van der Waals surface area contributed by atoms with Crippen LogP contribution in [0.15, 0.2) is 77.5 Å². The molecule has 0 atom stereocenters. The van der Waals surface area contributed by atoms with Gasteiger partial charge in [-0.25, -0.2) is 4.57 Å². The van der Waals surface area contributed by atoms with E-state index < -0.39 is 0 Å². The van der Waals surface area contributed by atoms with Gasteiger partial charge in [-0.3, -0.25) is 0 Å². The van der Waals surface area contributed by atoms with Crippen LogP contribution in [0.3, 0.4) is 0 Å². The summed E-state index contributed by atoms with van der Waals surface area (Å²) in [5.74, 6) is 1.24. The third-order valence-corrected chi connectivity index (χ3v) is 5.46. The van der Waals surface area contributed by atoms with Gasteiger partial charge in [-0.15, -0.1) is 0 Å². The van der Waals surface area contributed by atoms with Crippen molar-refractivity contribution >= 4 is 21.9 Å². The first-order valence-electron chi connectivity index (χ1n) is 8.91. The van der Waals surface area contributed by atoms with Crippen LogP contribution < -0.4 is 4.57 Å². The highest BCUT2D eigenvalue weighted by Gasteiger charge is 2.31. The lowest BCUT2D eigenvalue weighted by atomic mass is 10.0. The molecule has 3 aromatic carbocycles. The molecule has 26 heavy (non-hydrogen) atoms. The molecule has 0 spiro atoms. The minimum Gasteiger partial charge on any atom is -0.456 e. The Bertz CT molecular complexity index is 1320. The minimum absolute atomic E-state index is 0.885. The van der Waals surface area contributed by atoms with Gasteiger partial charge in [0, 0.05) is 16.3 Å². The quantitative estimate of drug-likeness (QED) is 0.387. The molecular formula is C23H17N2O+. The van der Waals surface area contributed by atoms with E-state index >= 15 is 0 Å². The summed E-state index contributed by atoms with van der Waals surface area (Å²) in [5, 5.41) is 2.36. The van der Waals surface area contributed by atoms with Crippen LogP contribution in [0.1, 0.15) is 11.1 Å². The maximum absolute atomic E-state index is 6.07. The maximum Gasteiger partial charge on any atom is 0.294 e. The Labute approximate surface area is 150 Å². The number of fused-ring (bicyclic) bond motifs is 6. The number of rotatable bonds is 1. The van der Waals surface area contributed by atoms with Crippen molar-refractivity contribution in [2.45, 2.75) is 13.5 Å². The summed E-state index contributed by atoms with van der Waals surface area (Å²) >= 11 is 0. The third kappa shape index (κ3) is 1.75. The molecule has 3 heteroatoms. The molecular weight excluding hydrogens is 320 g/mol. The molecule has 3 nitrogen and oxygen atoms in total. The first-order valence-corrected chi connectivity index (χ1v) is 8.91. The third-order valence-electron chi connectivity index (χ3n) is 5.46. The predicted octanol–water partition coefficient (Wildman–Crippen LogP) is 5.00. The van der Waals surface area contributed by atoms with Gasteiger partial charge < -0.3 is 4.42 Å². The number of aromatic nitrogens is 2. The molecule has 0 saturated carbocycles. The van der Waals surface area contributed by atoms with Crippen LogP contribution in [-0.2, 0) is 6.54 Å². The Morgan fingerprint density at radius 3 is 2.69 bits per heavy atom. The number of hydrogen-bond donors (Lipinski definition) is 0. The highest BCUT2D eigenvalue weighted by Crippen LogP contribution is 2.37. The van der Waals surface area contributed by atoms with E-state index in [0.29, 0.717) is 0 Å². The zero-order valence-electron chi connectivity index (χ0n) is 14.4. The molecule has 0 fully saturated rings. The van der Waals surface area contributed by atoms with E-state index in [4.69, 9.17) is 4.42 Å². The fraction of sp³-hybridized carbons (Fsp3) is 0.0870. The van der Waals surface area contributed by atoms with Crippen molar-refractivity contribution in [3.8, 4) is 17.1 Å². The van der Waals surface area contributed by atoms with Crippen molar-refractivity contribution in [2.75, 3.05) is 0 Å². The largest absolute Gasteiger partial charge is 0.456 e. The summed E-state index contributed by atoms with van der Waals surface area (Å²) in [6, 6.07) is 21.3. The molecule has 0 radical (unpaired) electrons. The molecule has 6 rings (SSSR count). The Balaban J connectivity index is 1.65. The molecule has 124 valence electrons. The van der Waals surface area contributed by atoms with Crippen molar-refractivity contribution in [3.63, 3.8) is 0 Å². The highest BCUT2D eigenvalue weighted by atomic mass is 16.3. The van der Waals surface area contributed by atoms with Crippen LogP contribution >= 0.6 is 0 Å². The summed E-state index contributed by atoms with van der Waals surface area (Å²) in [4.78, 5) is 0. The first-order chi connectivity index (χ1) is 12.8. The normalized spacial score (nSPS) is 12.7. The number of aryl methyl sites for hydroxylation is 1. The number of para-hydroxylation sites is 2. The summed E-state index contributed by atoms with van der Waals surface area (Å²) in [6.45, 7) is 3.05. The van der Waals surface area contributed by atoms with Crippen molar-refractivity contribution in [3.05, 3.63) is 84.2 Å². The van der Waals surface area contributed by atoms with E-state index in [2.05, 4.69) is 77.0 Å². The molecule has 0 saturated heterocycles. The Morgan fingerprint density at radius 1 is 0.923 bits per heavy atom. The van der Waals surface area contributed by atoms with E-state index in [9.17, 15) is 0 Å². The van der Waals surface area contributed by atoms with Gasteiger partial charge in [0.25, 0.3) is 5.82 Å². The van der Waals surface area contributed by atoms with Gasteiger partial charge in [-0.1, -0.05) is 36.4 Å². The minimum atomic E-state index is 0.885. The van der Waals surface area contributed by atoms with E-state index in [0.717, 1.165) is 17.7 Å². The van der Waals surface area contributed by atoms with Gasteiger partial charge in [0.1, 0.15) is 35.8 Å². The Hall–Kier alpha value is -3.33.